The summed E-state index contributed by atoms with van der Waals surface area (Å²) in [6.45, 7) is 1.89. The maximum Gasteiger partial charge on any atom is 0.266 e. The number of nitrogens with one attached hydrogen (secondary N) is 1. The van der Waals surface area contributed by atoms with Gasteiger partial charge in [-0.2, -0.15) is 5.26 Å². The number of hydrogen-bond acceptors (Lipinski definition) is 3. The minimum atomic E-state index is -0.381. The van der Waals surface area contributed by atoms with Crippen LogP contribution in [0.25, 0.3) is 22.4 Å². The van der Waals surface area contributed by atoms with Gasteiger partial charge in [-0.1, -0.05) is 17.7 Å². The van der Waals surface area contributed by atoms with Crippen LogP contribution in [0, 0.1) is 18.3 Å². The smallest absolute Gasteiger partial charge is 0.266 e. The van der Waals surface area contributed by atoms with Gasteiger partial charge in [-0.3, -0.25) is 9.78 Å². The molecule has 3 aromatic rings. The van der Waals surface area contributed by atoms with Crippen LogP contribution in [0.3, 0.4) is 0 Å². The first kappa shape index (κ1) is 14.7. The molecule has 5 heteroatoms. The van der Waals surface area contributed by atoms with E-state index in [-0.39, 0.29) is 11.1 Å². The minimum absolute atomic E-state index is 0.137. The lowest BCUT2D eigenvalue weighted by atomic mass is 9.95. The Balaban J connectivity index is 2.09. The zero-order chi connectivity index (χ0) is 16.8. The number of nitriles is 1. The van der Waals surface area contributed by atoms with E-state index in [4.69, 9.17) is 11.6 Å². The Morgan fingerprint density at radius 3 is 2.88 bits per heavy atom. The molecule has 4 nitrogen and oxygen atoms in total. The topological polar surface area (TPSA) is 69.5 Å². The molecule has 2 heterocycles. The second kappa shape index (κ2) is 5.33. The summed E-state index contributed by atoms with van der Waals surface area (Å²) in [7, 11) is 0. The van der Waals surface area contributed by atoms with Gasteiger partial charge in [0.1, 0.15) is 11.6 Å². The van der Waals surface area contributed by atoms with Crippen LogP contribution < -0.4 is 5.56 Å². The summed E-state index contributed by atoms with van der Waals surface area (Å²) in [5.41, 5.74) is 5.83. The van der Waals surface area contributed by atoms with E-state index in [1.807, 2.05) is 37.3 Å². The van der Waals surface area contributed by atoms with E-state index >= 15 is 0 Å². The monoisotopic (exact) mass is 333 g/mol. The van der Waals surface area contributed by atoms with E-state index in [1.165, 1.54) is 0 Å². The van der Waals surface area contributed by atoms with Crippen molar-refractivity contribution in [1.82, 2.24) is 9.97 Å². The van der Waals surface area contributed by atoms with Gasteiger partial charge in [0.2, 0.25) is 0 Å². The fourth-order valence-electron chi connectivity index (χ4n) is 3.30. The number of halogens is 1. The molecule has 1 aromatic carbocycles. The van der Waals surface area contributed by atoms with Crippen LogP contribution in [0.4, 0.5) is 0 Å². The van der Waals surface area contributed by atoms with Crippen molar-refractivity contribution in [2.45, 2.75) is 13.3 Å². The Morgan fingerprint density at radius 1 is 1.29 bits per heavy atom. The molecule has 0 bridgehead atoms. The van der Waals surface area contributed by atoms with Crippen molar-refractivity contribution in [2.24, 2.45) is 0 Å². The molecule has 0 aliphatic heterocycles. The summed E-state index contributed by atoms with van der Waals surface area (Å²) < 4.78 is 0. The van der Waals surface area contributed by atoms with Crippen LogP contribution in [0.15, 0.2) is 41.3 Å². The summed E-state index contributed by atoms with van der Waals surface area (Å²) >= 11 is 6.11. The van der Waals surface area contributed by atoms with Crippen molar-refractivity contribution in [1.29, 1.82) is 5.26 Å². The molecule has 1 aliphatic rings. The Kier molecular flexibility index (Phi) is 3.26. The van der Waals surface area contributed by atoms with Crippen molar-refractivity contribution in [3.8, 4) is 28.5 Å². The molecular weight excluding hydrogens is 322 g/mol. The molecular formula is C19H12ClN3O. The average molecular weight is 334 g/mol. The second-order valence-corrected chi connectivity index (χ2v) is 6.27. The Bertz CT molecular complexity index is 1090. The number of aryl methyl sites for hydroxylation is 1. The molecule has 2 aromatic heterocycles. The SMILES string of the molecule is Cc1cc(-c2c3c([nH]c(=O)c2C#N)-c2cc(Cl)ccc2C3)ccn1. The number of H-pyrrole nitrogens is 1. The molecule has 0 radical (unpaired) electrons. The Hall–Kier alpha value is -2.90. The Morgan fingerprint density at radius 2 is 2.12 bits per heavy atom. The molecule has 0 unspecified atom stereocenters. The number of aromatic amines is 1. The maximum absolute atomic E-state index is 12.5. The van der Waals surface area contributed by atoms with Gasteiger partial charge >= 0.3 is 0 Å². The van der Waals surface area contributed by atoms with Crippen LogP contribution in [0.1, 0.15) is 22.4 Å². The zero-order valence-corrected chi connectivity index (χ0v) is 13.6. The maximum atomic E-state index is 12.5. The summed E-state index contributed by atoms with van der Waals surface area (Å²) in [4.78, 5) is 19.5. The van der Waals surface area contributed by atoms with Gasteiger partial charge in [-0.15, -0.1) is 0 Å². The van der Waals surface area contributed by atoms with Gasteiger partial charge in [0.05, 0.1) is 5.69 Å². The first-order valence-corrected chi connectivity index (χ1v) is 7.87. The molecule has 0 atom stereocenters. The number of aromatic nitrogens is 2. The van der Waals surface area contributed by atoms with Gasteiger partial charge in [0, 0.05) is 34.5 Å². The normalized spacial score (nSPS) is 11.7. The molecule has 1 N–H and O–H groups in total. The highest BCUT2D eigenvalue weighted by molar-refractivity contribution is 6.31. The molecule has 0 amide bonds. The van der Waals surface area contributed by atoms with Crippen LogP contribution in [0.5, 0.6) is 0 Å². The molecule has 4 rings (SSSR count). The predicted molar refractivity (Wildman–Crippen MR) is 93.0 cm³/mol. The summed E-state index contributed by atoms with van der Waals surface area (Å²) in [5.74, 6) is 0. The van der Waals surface area contributed by atoms with E-state index in [0.717, 1.165) is 33.6 Å². The minimum Gasteiger partial charge on any atom is -0.320 e. The van der Waals surface area contributed by atoms with E-state index in [9.17, 15) is 10.1 Å². The first-order chi connectivity index (χ1) is 11.6. The lowest BCUT2D eigenvalue weighted by Crippen LogP contribution is -2.14. The fourth-order valence-corrected chi connectivity index (χ4v) is 3.47. The number of rotatable bonds is 1. The van der Waals surface area contributed by atoms with Gasteiger partial charge in [0.15, 0.2) is 0 Å². The fraction of sp³-hybridized carbons (Fsp3) is 0.105. The average Bonchev–Trinajstić information content (AvgIpc) is 2.91. The lowest BCUT2D eigenvalue weighted by molar-refractivity contribution is 1.16. The van der Waals surface area contributed by atoms with Crippen LogP contribution in [0.2, 0.25) is 5.02 Å². The third-order valence-corrected chi connectivity index (χ3v) is 4.56. The number of benzene rings is 1. The molecule has 24 heavy (non-hydrogen) atoms. The number of nitrogens with zero attached hydrogens (tertiary/aromatic N) is 2. The van der Waals surface area contributed by atoms with E-state index in [1.54, 1.807) is 6.20 Å². The van der Waals surface area contributed by atoms with Crippen molar-refractivity contribution >= 4 is 11.6 Å². The third-order valence-electron chi connectivity index (χ3n) is 4.32. The molecule has 0 saturated carbocycles. The van der Waals surface area contributed by atoms with Crippen molar-refractivity contribution in [3.05, 3.63) is 74.3 Å². The quantitative estimate of drug-likeness (QED) is 0.575. The standard InChI is InChI=1S/C19H12ClN3O/c1-10-6-12(4-5-22-10)17-15-7-11-2-3-13(20)8-14(11)18(15)23-19(24)16(17)9-21/h2-6,8H,7H2,1H3,(H,23,24). The van der Waals surface area contributed by atoms with Crippen LogP contribution >= 0.6 is 11.6 Å². The Labute approximate surface area is 143 Å². The largest absolute Gasteiger partial charge is 0.320 e. The second-order valence-electron chi connectivity index (χ2n) is 5.83. The van der Waals surface area contributed by atoms with E-state index in [0.29, 0.717) is 17.0 Å². The summed E-state index contributed by atoms with van der Waals surface area (Å²) in [5, 5.41) is 10.1. The number of fused-ring (bicyclic) bond motifs is 3. The van der Waals surface area contributed by atoms with Crippen molar-refractivity contribution in [3.63, 3.8) is 0 Å². The molecule has 116 valence electrons. The highest BCUT2D eigenvalue weighted by Gasteiger charge is 2.26. The first-order valence-electron chi connectivity index (χ1n) is 7.49. The number of pyridine rings is 2. The van der Waals surface area contributed by atoms with Crippen LogP contribution in [-0.2, 0) is 6.42 Å². The van der Waals surface area contributed by atoms with Crippen LogP contribution in [-0.4, -0.2) is 9.97 Å². The van der Waals surface area contributed by atoms with E-state index in [2.05, 4.69) is 16.0 Å². The van der Waals surface area contributed by atoms with Gasteiger partial charge in [0.25, 0.3) is 5.56 Å². The van der Waals surface area contributed by atoms with E-state index < -0.39 is 0 Å². The highest BCUT2D eigenvalue weighted by Crippen LogP contribution is 2.41. The molecule has 0 spiro atoms. The van der Waals surface area contributed by atoms with Crippen molar-refractivity contribution in [2.75, 3.05) is 0 Å². The van der Waals surface area contributed by atoms with Gasteiger partial charge in [-0.25, -0.2) is 0 Å². The van der Waals surface area contributed by atoms with Gasteiger partial charge in [-0.05, 0) is 47.9 Å². The highest BCUT2D eigenvalue weighted by atomic mass is 35.5. The zero-order valence-electron chi connectivity index (χ0n) is 12.9. The lowest BCUT2D eigenvalue weighted by Gasteiger charge is -2.11. The molecule has 1 aliphatic carbocycles. The number of hydrogen-bond donors (Lipinski definition) is 1. The third kappa shape index (κ3) is 2.14. The predicted octanol–water partition coefficient (Wildman–Crippen LogP) is 3.84. The summed E-state index contributed by atoms with van der Waals surface area (Å²) in [6.07, 6.45) is 2.35. The van der Waals surface area contributed by atoms with Gasteiger partial charge < -0.3 is 4.98 Å². The van der Waals surface area contributed by atoms with Crippen molar-refractivity contribution < 1.29 is 0 Å². The molecule has 0 fully saturated rings. The molecule has 0 saturated heterocycles. The summed E-state index contributed by atoms with van der Waals surface area (Å²) in [6, 6.07) is 11.4.